The van der Waals surface area contributed by atoms with E-state index >= 15 is 0 Å². The van der Waals surface area contributed by atoms with Crippen molar-refractivity contribution < 1.29 is 4.42 Å². The molecule has 1 aliphatic heterocycles. The zero-order chi connectivity index (χ0) is 14.5. The summed E-state index contributed by atoms with van der Waals surface area (Å²) in [4.78, 5) is 6.53. The maximum absolute atomic E-state index is 6.05. The van der Waals surface area contributed by atoms with Crippen LogP contribution in [0.15, 0.2) is 38.1 Å². The van der Waals surface area contributed by atoms with Crippen LogP contribution >= 0.6 is 15.9 Å². The van der Waals surface area contributed by atoms with Gasteiger partial charge in [-0.1, -0.05) is 15.9 Å². The fraction of sp³-hybridized carbons (Fsp3) is 0.400. The monoisotopic (exact) mass is 335 g/mol. The minimum Gasteiger partial charge on any atom is -0.458 e. The zero-order valence-electron chi connectivity index (χ0n) is 11.9. The fourth-order valence-electron chi connectivity index (χ4n) is 2.95. The number of nitrogens with two attached hydrogens (primary N) is 1. The molecule has 2 N–H and O–H groups in total. The van der Waals surface area contributed by atoms with Crippen LogP contribution in [0, 0.1) is 0 Å². The van der Waals surface area contributed by atoms with Gasteiger partial charge in [0.05, 0.1) is 6.54 Å². The van der Waals surface area contributed by atoms with Crippen LogP contribution < -0.4 is 5.73 Å². The summed E-state index contributed by atoms with van der Waals surface area (Å²) in [6.07, 6.45) is 0. The second-order valence-electron chi connectivity index (χ2n) is 5.70. The lowest BCUT2D eigenvalue weighted by atomic mass is 9.96. The summed E-state index contributed by atoms with van der Waals surface area (Å²) in [5.74, 6) is 1.49. The van der Waals surface area contributed by atoms with Crippen LogP contribution in [0.5, 0.6) is 0 Å². The SMILES string of the molecule is CC(C)N1C(N)=NCC1(C)c1cc2cc(Br)ccc2o1. The Morgan fingerprint density at radius 3 is 2.85 bits per heavy atom. The summed E-state index contributed by atoms with van der Waals surface area (Å²) in [5, 5.41) is 1.09. The van der Waals surface area contributed by atoms with E-state index in [1.165, 1.54) is 0 Å². The van der Waals surface area contributed by atoms with E-state index in [0.29, 0.717) is 12.5 Å². The number of benzene rings is 1. The van der Waals surface area contributed by atoms with Crippen LogP contribution in [0.2, 0.25) is 0 Å². The van der Waals surface area contributed by atoms with Gasteiger partial charge in [0, 0.05) is 15.9 Å². The number of rotatable bonds is 2. The van der Waals surface area contributed by atoms with E-state index in [1.54, 1.807) is 0 Å². The number of guanidine groups is 1. The molecule has 2 heterocycles. The smallest absolute Gasteiger partial charge is 0.192 e. The zero-order valence-corrected chi connectivity index (χ0v) is 13.4. The van der Waals surface area contributed by atoms with E-state index in [9.17, 15) is 0 Å². The quantitative estimate of drug-likeness (QED) is 0.914. The molecule has 1 aromatic heterocycles. The molecule has 0 spiro atoms. The Balaban J connectivity index is 2.10. The fourth-order valence-corrected chi connectivity index (χ4v) is 3.33. The average Bonchev–Trinajstić information content (AvgIpc) is 2.91. The van der Waals surface area contributed by atoms with Crippen LogP contribution in [-0.4, -0.2) is 23.4 Å². The van der Waals surface area contributed by atoms with Gasteiger partial charge in [0.15, 0.2) is 5.96 Å². The van der Waals surface area contributed by atoms with Crippen molar-refractivity contribution in [2.45, 2.75) is 32.4 Å². The minimum absolute atomic E-state index is 0.270. The van der Waals surface area contributed by atoms with Gasteiger partial charge in [-0.05, 0) is 45.0 Å². The van der Waals surface area contributed by atoms with Gasteiger partial charge >= 0.3 is 0 Å². The van der Waals surface area contributed by atoms with Crippen LogP contribution in [0.25, 0.3) is 11.0 Å². The second kappa shape index (κ2) is 4.52. The summed E-state index contributed by atoms with van der Waals surface area (Å²) in [5.41, 5.74) is 6.61. The van der Waals surface area contributed by atoms with Gasteiger partial charge in [0.1, 0.15) is 16.9 Å². The summed E-state index contributed by atoms with van der Waals surface area (Å²) in [6.45, 7) is 6.98. The lowest BCUT2D eigenvalue weighted by Crippen LogP contribution is -2.50. The molecule has 106 valence electrons. The maximum atomic E-state index is 6.05. The normalized spacial score (nSPS) is 22.9. The van der Waals surface area contributed by atoms with E-state index in [0.717, 1.165) is 21.2 Å². The highest BCUT2D eigenvalue weighted by Crippen LogP contribution is 2.37. The van der Waals surface area contributed by atoms with Crippen LogP contribution in [0.1, 0.15) is 26.5 Å². The Kier molecular flexibility index (Phi) is 3.05. The van der Waals surface area contributed by atoms with Crippen LogP contribution in [0.3, 0.4) is 0 Å². The standard InChI is InChI=1S/C15H18BrN3O/c1-9(2)19-14(17)18-8-15(19,3)13-7-10-6-11(16)4-5-12(10)20-13/h4-7,9H,8H2,1-3H3,(H2,17,18). The molecule has 0 aliphatic carbocycles. The number of hydrogen-bond donors (Lipinski definition) is 1. The van der Waals surface area contributed by atoms with E-state index in [1.807, 2.05) is 12.1 Å². The lowest BCUT2D eigenvalue weighted by Gasteiger charge is -2.37. The third kappa shape index (κ3) is 1.92. The van der Waals surface area contributed by atoms with Gasteiger partial charge in [-0.15, -0.1) is 0 Å². The van der Waals surface area contributed by atoms with E-state index < -0.39 is 0 Å². The number of hydrogen-bond acceptors (Lipinski definition) is 4. The number of furan rings is 1. The number of nitrogens with zero attached hydrogens (tertiary/aromatic N) is 2. The molecule has 1 aliphatic rings. The molecule has 4 nitrogen and oxygen atoms in total. The Labute approximate surface area is 126 Å². The molecule has 2 aromatic rings. The minimum atomic E-state index is -0.316. The van der Waals surface area contributed by atoms with E-state index in [4.69, 9.17) is 10.2 Å². The largest absolute Gasteiger partial charge is 0.458 e. The van der Waals surface area contributed by atoms with Crippen molar-refractivity contribution in [2.24, 2.45) is 10.7 Å². The first-order chi connectivity index (χ1) is 9.41. The van der Waals surface area contributed by atoms with Gasteiger partial charge in [0.2, 0.25) is 0 Å². The number of aliphatic imine (C=N–C) groups is 1. The molecule has 5 heteroatoms. The highest BCUT2D eigenvalue weighted by atomic mass is 79.9. The molecule has 0 saturated heterocycles. The molecule has 0 bridgehead atoms. The summed E-state index contributed by atoms with van der Waals surface area (Å²) < 4.78 is 7.09. The maximum Gasteiger partial charge on any atom is 0.192 e. The van der Waals surface area contributed by atoms with Crippen LogP contribution in [-0.2, 0) is 5.54 Å². The van der Waals surface area contributed by atoms with Crippen LogP contribution in [0.4, 0.5) is 0 Å². The average molecular weight is 336 g/mol. The van der Waals surface area contributed by atoms with Gasteiger partial charge in [-0.3, -0.25) is 4.99 Å². The van der Waals surface area contributed by atoms with E-state index in [2.05, 4.69) is 58.7 Å². The Morgan fingerprint density at radius 2 is 2.15 bits per heavy atom. The summed E-state index contributed by atoms with van der Waals surface area (Å²) in [7, 11) is 0. The molecule has 0 radical (unpaired) electrons. The molecule has 3 rings (SSSR count). The Hall–Kier alpha value is -1.49. The highest BCUT2D eigenvalue weighted by molar-refractivity contribution is 9.10. The van der Waals surface area contributed by atoms with Crippen molar-refractivity contribution in [3.63, 3.8) is 0 Å². The van der Waals surface area contributed by atoms with Crippen molar-refractivity contribution in [3.8, 4) is 0 Å². The Morgan fingerprint density at radius 1 is 1.40 bits per heavy atom. The molecule has 0 amide bonds. The Bertz CT molecular complexity index is 691. The molecular weight excluding hydrogens is 318 g/mol. The van der Waals surface area contributed by atoms with Crippen molar-refractivity contribution in [1.82, 2.24) is 4.90 Å². The second-order valence-corrected chi connectivity index (χ2v) is 6.62. The molecule has 0 fully saturated rings. The van der Waals surface area contributed by atoms with E-state index in [-0.39, 0.29) is 11.6 Å². The first kappa shape index (κ1) is 13.5. The molecule has 1 unspecified atom stereocenters. The first-order valence-electron chi connectivity index (χ1n) is 6.70. The number of fused-ring (bicyclic) bond motifs is 1. The third-order valence-electron chi connectivity index (χ3n) is 3.85. The van der Waals surface area contributed by atoms with Gasteiger partial charge in [0.25, 0.3) is 0 Å². The summed E-state index contributed by atoms with van der Waals surface area (Å²) >= 11 is 3.49. The van der Waals surface area contributed by atoms with Gasteiger partial charge < -0.3 is 15.1 Å². The predicted octanol–water partition coefficient (Wildman–Crippen LogP) is 3.45. The molecule has 0 saturated carbocycles. The van der Waals surface area contributed by atoms with Crippen molar-refractivity contribution in [3.05, 3.63) is 34.5 Å². The predicted molar refractivity (Wildman–Crippen MR) is 84.7 cm³/mol. The van der Waals surface area contributed by atoms with Crippen molar-refractivity contribution in [1.29, 1.82) is 0 Å². The molecule has 1 aromatic carbocycles. The topological polar surface area (TPSA) is 54.8 Å². The van der Waals surface area contributed by atoms with Gasteiger partial charge in [-0.25, -0.2) is 0 Å². The third-order valence-corrected chi connectivity index (χ3v) is 4.35. The summed E-state index contributed by atoms with van der Waals surface area (Å²) in [6, 6.07) is 8.38. The van der Waals surface area contributed by atoms with Gasteiger partial charge in [-0.2, -0.15) is 0 Å². The number of halogens is 1. The van der Waals surface area contributed by atoms with Crippen molar-refractivity contribution in [2.75, 3.05) is 6.54 Å². The first-order valence-corrected chi connectivity index (χ1v) is 7.50. The lowest BCUT2D eigenvalue weighted by molar-refractivity contribution is 0.157. The molecule has 20 heavy (non-hydrogen) atoms. The van der Waals surface area contributed by atoms with Crippen molar-refractivity contribution >= 4 is 32.9 Å². The highest BCUT2D eigenvalue weighted by Gasteiger charge is 2.43. The molecular formula is C15H18BrN3O. The molecule has 1 atom stereocenters.